The monoisotopic (exact) mass is 578 g/mol. The molecule has 2 aromatic heterocycles. The van der Waals surface area contributed by atoms with Crippen molar-refractivity contribution in [1.29, 1.82) is 0 Å². The van der Waals surface area contributed by atoms with Gasteiger partial charge in [-0.1, -0.05) is 35.9 Å². The lowest BCUT2D eigenvalue weighted by molar-refractivity contribution is -0.122. The van der Waals surface area contributed by atoms with Crippen LogP contribution in [0.25, 0.3) is 11.1 Å². The summed E-state index contributed by atoms with van der Waals surface area (Å²) in [7, 11) is 0. The number of rotatable bonds is 5. The number of benzene rings is 2. The lowest BCUT2D eigenvalue weighted by atomic mass is 9.95. The van der Waals surface area contributed by atoms with E-state index in [-0.39, 0.29) is 11.5 Å². The fourth-order valence-corrected chi connectivity index (χ4v) is 7.14. The predicted octanol–water partition coefficient (Wildman–Crippen LogP) is 6.26. The lowest BCUT2D eigenvalue weighted by Gasteiger charge is -2.26. The molecule has 212 valence electrons. The van der Waals surface area contributed by atoms with Crippen molar-refractivity contribution >= 4 is 52.5 Å². The number of imide groups is 2. The Morgan fingerprint density at radius 3 is 2.40 bits per heavy atom. The number of barbiturate groups is 1. The molecule has 0 radical (unpaired) electrons. The summed E-state index contributed by atoms with van der Waals surface area (Å²) < 4.78 is 2.03. The maximum Gasteiger partial charge on any atom is 0.335 e. The Kier molecular flexibility index (Phi) is 7.12. The number of para-hydroxylation sites is 1. The van der Waals surface area contributed by atoms with Crippen molar-refractivity contribution in [3.63, 3.8) is 0 Å². The molecule has 0 bridgehead atoms. The first-order valence-corrected chi connectivity index (χ1v) is 14.7. The highest BCUT2D eigenvalue weighted by Gasteiger charge is 2.37. The highest BCUT2D eigenvalue weighted by molar-refractivity contribution is 7.15. The smallest absolute Gasteiger partial charge is 0.322 e. The van der Waals surface area contributed by atoms with Gasteiger partial charge in [0.1, 0.15) is 10.6 Å². The van der Waals surface area contributed by atoms with Gasteiger partial charge < -0.3 is 9.88 Å². The van der Waals surface area contributed by atoms with Crippen molar-refractivity contribution in [3.8, 4) is 5.00 Å². The molecule has 8 nitrogen and oxygen atoms in total. The lowest BCUT2D eigenvalue weighted by Crippen LogP contribution is -2.54. The normalized spacial score (nSPS) is 16.0. The third-order valence-corrected chi connectivity index (χ3v) is 9.06. The largest absolute Gasteiger partial charge is 0.335 e. The van der Waals surface area contributed by atoms with Crippen LogP contribution in [0.1, 0.15) is 56.2 Å². The Morgan fingerprint density at radius 1 is 0.952 bits per heavy atom. The zero-order valence-electron chi connectivity index (χ0n) is 23.6. The van der Waals surface area contributed by atoms with E-state index in [4.69, 9.17) is 0 Å². The van der Waals surface area contributed by atoms with Crippen LogP contribution in [0.2, 0.25) is 0 Å². The molecule has 42 heavy (non-hydrogen) atoms. The average Bonchev–Trinajstić information content (AvgIpc) is 3.48. The summed E-state index contributed by atoms with van der Waals surface area (Å²) in [4.78, 5) is 54.9. The van der Waals surface area contributed by atoms with Crippen LogP contribution >= 0.6 is 11.3 Å². The summed E-state index contributed by atoms with van der Waals surface area (Å²) in [5, 5.41) is 6.19. The van der Waals surface area contributed by atoms with Gasteiger partial charge in [0.25, 0.3) is 17.7 Å². The molecule has 0 atom stereocenters. The van der Waals surface area contributed by atoms with Gasteiger partial charge in [-0.15, -0.1) is 11.3 Å². The summed E-state index contributed by atoms with van der Waals surface area (Å²) in [6, 6.07) is 17.5. The van der Waals surface area contributed by atoms with E-state index in [9.17, 15) is 19.2 Å². The van der Waals surface area contributed by atoms with Crippen molar-refractivity contribution < 1.29 is 19.2 Å². The van der Waals surface area contributed by atoms with Crippen LogP contribution in [0.4, 0.5) is 16.2 Å². The second-order valence-electron chi connectivity index (χ2n) is 10.7. The van der Waals surface area contributed by atoms with Gasteiger partial charge in [0, 0.05) is 22.0 Å². The molecular formula is C33H30N4O4S. The van der Waals surface area contributed by atoms with Crippen molar-refractivity contribution in [1.82, 2.24) is 9.88 Å². The first kappa shape index (κ1) is 27.4. The van der Waals surface area contributed by atoms with Crippen molar-refractivity contribution in [3.05, 3.63) is 105 Å². The van der Waals surface area contributed by atoms with Gasteiger partial charge in [0.2, 0.25) is 0 Å². The molecule has 1 fully saturated rings. The predicted molar refractivity (Wildman–Crippen MR) is 164 cm³/mol. The maximum absolute atomic E-state index is 13.7. The number of nitrogens with zero attached hydrogens (tertiary/aromatic N) is 2. The number of anilines is 2. The third kappa shape index (κ3) is 4.86. The van der Waals surface area contributed by atoms with E-state index >= 15 is 0 Å². The second kappa shape index (κ2) is 10.9. The molecule has 2 aromatic carbocycles. The molecule has 4 aromatic rings. The maximum atomic E-state index is 13.7. The quantitative estimate of drug-likeness (QED) is 0.216. The summed E-state index contributed by atoms with van der Waals surface area (Å²) >= 11 is 1.62. The van der Waals surface area contributed by atoms with Crippen LogP contribution in [0, 0.1) is 20.8 Å². The molecule has 0 saturated carbocycles. The average molecular weight is 579 g/mol. The number of carbonyl (C=O) groups excluding carboxylic acids is 4. The number of carbonyl (C=O) groups is 4. The van der Waals surface area contributed by atoms with Crippen LogP contribution in [-0.4, -0.2) is 28.3 Å². The summed E-state index contributed by atoms with van der Waals surface area (Å²) in [5.41, 5.74) is 6.02. The van der Waals surface area contributed by atoms with E-state index in [1.165, 1.54) is 11.0 Å². The van der Waals surface area contributed by atoms with Gasteiger partial charge >= 0.3 is 6.03 Å². The molecule has 9 heteroatoms. The van der Waals surface area contributed by atoms with Crippen molar-refractivity contribution in [2.24, 2.45) is 0 Å². The number of aromatic nitrogens is 1. The topological polar surface area (TPSA) is 101 Å². The minimum Gasteiger partial charge on any atom is -0.322 e. The van der Waals surface area contributed by atoms with Gasteiger partial charge in [0.05, 0.1) is 11.3 Å². The summed E-state index contributed by atoms with van der Waals surface area (Å²) in [6.45, 7) is 5.76. The molecule has 1 aliphatic heterocycles. The Balaban J connectivity index is 1.41. The second-order valence-corrected chi connectivity index (χ2v) is 11.8. The Bertz CT molecular complexity index is 1780. The highest BCUT2D eigenvalue weighted by Crippen LogP contribution is 2.39. The van der Waals surface area contributed by atoms with E-state index < -0.39 is 17.8 Å². The van der Waals surface area contributed by atoms with E-state index in [1.807, 2.05) is 61.7 Å². The Morgan fingerprint density at radius 2 is 1.67 bits per heavy atom. The number of thiophene rings is 1. The fraction of sp³-hybridized carbons (Fsp3) is 0.212. The number of amides is 5. The Hall–Kier alpha value is -4.76. The van der Waals surface area contributed by atoms with Crippen LogP contribution in [-0.2, 0) is 22.4 Å². The van der Waals surface area contributed by atoms with E-state index in [2.05, 4.69) is 10.6 Å². The number of urea groups is 1. The molecule has 5 amide bonds. The summed E-state index contributed by atoms with van der Waals surface area (Å²) in [5.74, 6) is -1.59. The van der Waals surface area contributed by atoms with Gasteiger partial charge in [-0.3, -0.25) is 19.7 Å². The third-order valence-electron chi connectivity index (χ3n) is 7.78. The Labute approximate surface area is 247 Å². The van der Waals surface area contributed by atoms with Gasteiger partial charge in [-0.25, -0.2) is 9.69 Å². The molecule has 3 heterocycles. The zero-order valence-corrected chi connectivity index (χ0v) is 24.4. The molecular weight excluding hydrogens is 548 g/mol. The molecule has 1 saturated heterocycles. The number of fused-ring (bicyclic) bond motifs is 1. The van der Waals surface area contributed by atoms with Crippen LogP contribution in [0.3, 0.4) is 0 Å². The number of nitrogens with one attached hydrogen (secondary N) is 2. The summed E-state index contributed by atoms with van der Waals surface area (Å²) in [6.07, 6.45) is 5.42. The SMILES string of the molecule is Cc1ccc(N2C(=O)NC(=O)/C(=C\c3cc(C)n(-c4sc5c(c4C(=O)Nc4ccccc4)CCCC5)c3C)C2=O)cc1. The molecule has 6 rings (SSSR count). The van der Waals surface area contributed by atoms with Crippen molar-refractivity contribution in [2.45, 2.75) is 46.5 Å². The fourth-order valence-electron chi connectivity index (χ4n) is 5.65. The van der Waals surface area contributed by atoms with Gasteiger partial charge in [0.15, 0.2) is 0 Å². The minimum atomic E-state index is -0.783. The van der Waals surface area contributed by atoms with Crippen LogP contribution in [0.15, 0.2) is 66.2 Å². The molecule has 2 N–H and O–H groups in total. The molecule has 0 unspecified atom stereocenters. The molecule has 1 aliphatic carbocycles. The molecule has 0 spiro atoms. The standard InChI is InChI=1S/C33H30N4O4S/c1-19-13-15-24(16-14-19)37-31(40)26(29(38)35-33(37)41)18-22-17-20(2)36(21(22)3)32-28(25-11-7-8-12-27(25)42-32)30(39)34-23-9-5-4-6-10-23/h4-6,9-10,13-18H,7-8,11-12H2,1-3H3,(H,34,39)(H,35,38,41)/b26-18+. The highest BCUT2D eigenvalue weighted by atomic mass is 32.1. The van der Waals surface area contributed by atoms with Crippen molar-refractivity contribution in [2.75, 3.05) is 10.2 Å². The number of aryl methyl sites for hydroxylation is 3. The zero-order chi connectivity index (χ0) is 29.5. The molecule has 2 aliphatic rings. The minimum absolute atomic E-state index is 0.136. The van der Waals surface area contributed by atoms with E-state index in [0.29, 0.717) is 16.8 Å². The number of hydrogen-bond acceptors (Lipinski definition) is 5. The number of hydrogen-bond donors (Lipinski definition) is 2. The van der Waals surface area contributed by atoms with E-state index in [0.717, 1.165) is 63.8 Å². The van der Waals surface area contributed by atoms with Gasteiger partial charge in [-0.05, 0) is 94.0 Å². The van der Waals surface area contributed by atoms with Crippen LogP contribution < -0.4 is 15.5 Å². The first-order chi connectivity index (χ1) is 20.2. The van der Waals surface area contributed by atoms with E-state index in [1.54, 1.807) is 35.6 Å². The van der Waals surface area contributed by atoms with Gasteiger partial charge in [-0.2, -0.15) is 0 Å². The first-order valence-electron chi connectivity index (χ1n) is 13.9. The van der Waals surface area contributed by atoms with Crippen LogP contribution in [0.5, 0.6) is 0 Å².